The number of rotatable bonds is 12. The molecular formula is C11H19NO6. The van der Waals surface area contributed by atoms with Crippen molar-refractivity contribution >= 4 is 11.9 Å². The molecule has 0 aromatic heterocycles. The molecule has 1 amide bonds. The molecule has 0 aliphatic heterocycles. The SMILES string of the molecule is C=CC(=O)NCCOCCOCCOCC(=O)O. The Balaban J connectivity index is 3.05. The quantitative estimate of drug-likeness (QED) is 0.361. The Kier molecular flexibility index (Phi) is 11.1. The highest BCUT2D eigenvalue weighted by molar-refractivity contribution is 5.86. The average Bonchev–Trinajstić information content (AvgIpc) is 2.35. The summed E-state index contributed by atoms with van der Waals surface area (Å²) in [5, 5.41) is 10.8. The fraction of sp³-hybridized carbons (Fsp3) is 0.636. The van der Waals surface area contributed by atoms with Gasteiger partial charge in [0.05, 0.1) is 33.0 Å². The van der Waals surface area contributed by atoms with Crippen LogP contribution in [-0.4, -0.2) is 63.2 Å². The first-order valence-electron chi connectivity index (χ1n) is 5.52. The summed E-state index contributed by atoms with van der Waals surface area (Å²) in [4.78, 5) is 20.8. The van der Waals surface area contributed by atoms with Crippen LogP contribution in [0.3, 0.4) is 0 Å². The van der Waals surface area contributed by atoms with Gasteiger partial charge in [-0.15, -0.1) is 0 Å². The Morgan fingerprint density at radius 3 is 2.17 bits per heavy atom. The molecule has 7 nitrogen and oxygen atoms in total. The molecule has 0 fully saturated rings. The molecular weight excluding hydrogens is 242 g/mol. The Hall–Kier alpha value is -1.44. The normalized spacial score (nSPS) is 10.0. The van der Waals surface area contributed by atoms with E-state index in [2.05, 4.69) is 11.9 Å². The minimum Gasteiger partial charge on any atom is -0.480 e. The van der Waals surface area contributed by atoms with Crippen LogP contribution in [0.25, 0.3) is 0 Å². The van der Waals surface area contributed by atoms with Crippen molar-refractivity contribution in [3.05, 3.63) is 12.7 Å². The lowest BCUT2D eigenvalue weighted by molar-refractivity contribution is -0.142. The van der Waals surface area contributed by atoms with Crippen LogP contribution in [-0.2, 0) is 23.8 Å². The molecule has 0 aromatic carbocycles. The van der Waals surface area contributed by atoms with E-state index in [1.165, 1.54) is 6.08 Å². The summed E-state index contributed by atoms with van der Waals surface area (Å²) in [5.41, 5.74) is 0. The molecule has 0 atom stereocenters. The van der Waals surface area contributed by atoms with Crippen LogP contribution in [0.1, 0.15) is 0 Å². The van der Waals surface area contributed by atoms with Gasteiger partial charge in [0.15, 0.2) is 0 Å². The summed E-state index contributed by atoms with van der Waals surface area (Å²) >= 11 is 0. The summed E-state index contributed by atoms with van der Waals surface area (Å²) in [6, 6.07) is 0. The van der Waals surface area contributed by atoms with Gasteiger partial charge in [0, 0.05) is 6.54 Å². The highest BCUT2D eigenvalue weighted by atomic mass is 16.5. The van der Waals surface area contributed by atoms with Gasteiger partial charge in [-0.05, 0) is 6.08 Å². The van der Waals surface area contributed by atoms with Crippen LogP contribution in [0.4, 0.5) is 0 Å². The molecule has 0 unspecified atom stereocenters. The van der Waals surface area contributed by atoms with E-state index in [-0.39, 0.29) is 19.1 Å². The van der Waals surface area contributed by atoms with Gasteiger partial charge in [0.1, 0.15) is 6.61 Å². The van der Waals surface area contributed by atoms with E-state index >= 15 is 0 Å². The van der Waals surface area contributed by atoms with Crippen molar-refractivity contribution in [1.82, 2.24) is 5.32 Å². The molecule has 0 aromatic rings. The molecule has 0 spiro atoms. The van der Waals surface area contributed by atoms with Gasteiger partial charge in [-0.1, -0.05) is 6.58 Å². The van der Waals surface area contributed by atoms with Crippen LogP contribution in [0, 0.1) is 0 Å². The van der Waals surface area contributed by atoms with Gasteiger partial charge in [-0.2, -0.15) is 0 Å². The molecule has 0 radical (unpaired) electrons. The van der Waals surface area contributed by atoms with E-state index in [1.807, 2.05) is 0 Å². The molecule has 0 aliphatic rings. The van der Waals surface area contributed by atoms with E-state index in [9.17, 15) is 9.59 Å². The maximum absolute atomic E-state index is 10.7. The first-order chi connectivity index (χ1) is 8.66. The summed E-state index contributed by atoms with van der Waals surface area (Å²) in [7, 11) is 0. The van der Waals surface area contributed by atoms with Crippen molar-refractivity contribution in [3.8, 4) is 0 Å². The fourth-order valence-electron chi connectivity index (χ4n) is 0.918. The minimum atomic E-state index is -1.00. The van der Waals surface area contributed by atoms with E-state index in [4.69, 9.17) is 19.3 Å². The summed E-state index contributed by atoms with van der Waals surface area (Å²) < 4.78 is 15.0. The van der Waals surface area contributed by atoms with Gasteiger partial charge < -0.3 is 24.6 Å². The Bertz CT molecular complexity index is 256. The zero-order chi connectivity index (χ0) is 13.6. The molecule has 104 valence electrons. The lowest BCUT2D eigenvalue weighted by Crippen LogP contribution is -2.25. The van der Waals surface area contributed by atoms with Gasteiger partial charge >= 0.3 is 5.97 Å². The second kappa shape index (κ2) is 12.0. The fourth-order valence-corrected chi connectivity index (χ4v) is 0.918. The van der Waals surface area contributed by atoms with Crippen molar-refractivity contribution in [2.24, 2.45) is 0 Å². The molecule has 0 heterocycles. The second-order valence-corrected chi connectivity index (χ2v) is 3.17. The third kappa shape index (κ3) is 12.6. The smallest absolute Gasteiger partial charge is 0.329 e. The molecule has 0 saturated heterocycles. The number of hydrogen-bond donors (Lipinski definition) is 2. The van der Waals surface area contributed by atoms with E-state index in [0.717, 1.165) is 0 Å². The zero-order valence-electron chi connectivity index (χ0n) is 10.2. The van der Waals surface area contributed by atoms with Crippen molar-refractivity contribution in [2.45, 2.75) is 0 Å². The first kappa shape index (κ1) is 16.6. The zero-order valence-corrected chi connectivity index (χ0v) is 10.2. The predicted molar refractivity (Wildman–Crippen MR) is 63.3 cm³/mol. The lowest BCUT2D eigenvalue weighted by atomic mass is 10.5. The monoisotopic (exact) mass is 261 g/mol. The number of aliphatic carboxylic acids is 1. The minimum absolute atomic E-state index is 0.231. The molecule has 0 rings (SSSR count). The summed E-state index contributed by atoms with van der Waals surface area (Å²) in [6.45, 7) is 5.18. The van der Waals surface area contributed by atoms with E-state index in [0.29, 0.717) is 33.0 Å². The Morgan fingerprint density at radius 2 is 1.61 bits per heavy atom. The highest BCUT2D eigenvalue weighted by Gasteiger charge is 1.96. The summed E-state index contributed by atoms with van der Waals surface area (Å²) in [6.07, 6.45) is 1.19. The molecule has 0 bridgehead atoms. The average molecular weight is 261 g/mol. The largest absolute Gasteiger partial charge is 0.480 e. The van der Waals surface area contributed by atoms with Crippen molar-refractivity contribution in [3.63, 3.8) is 0 Å². The number of carbonyl (C=O) groups excluding carboxylic acids is 1. The number of ether oxygens (including phenoxy) is 3. The molecule has 7 heteroatoms. The predicted octanol–water partition coefficient (Wildman–Crippen LogP) is -0.577. The van der Waals surface area contributed by atoms with Gasteiger partial charge in [-0.3, -0.25) is 4.79 Å². The van der Waals surface area contributed by atoms with Crippen LogP contribution < -0.4 is 5.32 Å². The van der Waals surface area contributed by atoms with Crippen LogP contribution in [0.5, 0.6) is 0 Å². The Morgan fingerprint density at radius 1 is 1.06 bits per heavy atom. The topological polar surface area (TPSA) is 94.1 Å². The highest BCUT2D eigenvalue weighted by Crippen LogP contribution is 1.81. The van der Waals surface area contributed by atoms with Crippen molar-refractivity contribution in [2.75, 3.05) is 46.2 Å². The maximum Gasteiger partial charge on any atom is 0.329 e. The number of amides is 1. The molecule has 0 aliphatic carbocycles. The van der Waals surface area contributed by atoms with Crippen LogP contribution in [0.15, 0.2) is 12.7 Å². The van der Waals surface area contributed by atoms with Crippen molar-refractivity contribution in [1.29, 1.82) is 0 Å². The molecule has 2 N–H and O–H groups in total. The van der Waals surface area contributed by atoms with Gasteiger partial charge in [0.25, 0.3) is 0 Å². The molecule has 18 heavy (non-hydrogen) atoms. The lowest BCUT2D eigenvalue weighted by Gasteiger charge is -2.06. The van der Waals surface area contributed by atoms with Gasteiger partial charge in [0.2, 0.25) is 5.91 Å². The van der Waals surface area contributed by atoms with E-state index in [1.54, 1.807) is 0 Å². The number of hydrogen-bond acceptors (Lipinski definition) is 5. The van der Waals surface area contributed by atoms with Crippen molar-refractivity contribution < 1.29 is 28.9 Å². The standard InChI is InChI=1S/C11H19NO6/c1-2-10(13)12-3-4-16-5-6-17-7-8-18-9-11(14)15/h2H,1,3-9H2,(H,12,13)(H,14,15). The molecule has 0 saturated carbocycles. The third-order valence-electron chi connectivity index (χ3n) is 1.70. The number of carboxylic acids is 1. The van der Waals surface area contributed by atoms with E-state index < -0.39 is 5.97 Å². The van der Waals surface area contributed by atoms with Gasteiger partial charge in [-0.25, -0.2) is 4.79 Å². The number of nitrogens with one attached hydrogen (secondary N) is 1. The van der Waals surface area contributed by atoms with Crippen LogP contribution >= 0.6 is 0 Å². The third-order valence-corrected chi connectivity index (χ3v) is 1.70. The first-order valence-corrected chi connectivity index (χ1v) is 5.52. The Labute approximate surface area is 106 Å². The number of carboxylic acid groups (broad SMARTS) is 1. The van der Waals surface area contributed by atoms with Crippen LogP contribution in [0.2, 0.25) is 0 Å². The second-order valence-electron chi connectivity index (χ2n) is 3.17. The summed E-state index contributed by atoms with van der Waals surface area (Å²) in [5.74, 6) is -1.23. The maximum atomic E-state index is 10.7. The number of carbonyl (C=O) groups is 2.